The highest BCUT2D eigenvalue weighted by atomic mass is 14.2. The molecule has 0 saturated heterocycles. The van der Waals surface area contributed by atoms with Crippen LogP contribution in [-0.4, -0.2) is 0 Å². The van der Waals surface area contributed by atoms with Crippen molar-refractivity contribution in [2.75, 3.05) is 0 Å². The van der Waals surface area contributed by atoms with Crippen molar-refractivity contribution in [3.05, 3.63) is 170 Å². The molecule has 0 bridgehead atoms. The summed E-state index contributed by atoms with van der Waals surface area (Å²) in [6.07, 6.45) is 14.9. The summed E-state index contributed by atoms with van der Waals surface area (Å²) in [4.78, 5) is 0. The number of rotatable bonds is 6. The van der Waals surface area contributed by atoms with E-state index in [-0.39, 0.29) is 0 Å². The molecule has 0 saturated carbocycles. The molecule has 6 aromatic carbocycles. The second-order valence-electron chi connectivity index (χ2n) is 10.9. The zero-order valence-corrected chi connectivity index (χ0v) is 23.7. The van der Waals surface area contributed by atoms with Crippen LogP contribution in [-0.2, 0) is 0 Å². The first-order valence-corrected chi connectivity index (χ1v) is 14.7. The van der Waals surface area contributed by atoms with Crippen LogP contribution in [0.25, 0.3) is 65.7 Å². The Balaban J connectivity index is 1.60. The zero-order chi connectivity index (χ0) is 28.5. The second kappa shape index (κ2) is 11.0. The van der Waals surface area contributed by atoms with Crippen LogP contribution in [0.15, 0.2) is 159 Å². The van der Waals surface area contributed by atoms with Crippen molar-refractivity contribution in [1.29, 1.82) is 0 Å². The van der Waals surface area contributed by atoms with Crippen molar-refractivity contribution < 1.29 is 0 Å². The number of benzene rings is 6. The molecule has 6 aromatic rings. The largest absolute Gasteiger partial charge is 0.0990 e. The molecule has 0 heterocycles. The van der Waals surface area contributed by atoms with Gasteiger partial charge in [0.25, 0.3) is 0 Å². The third-order valence-corrected chi connectivity index (χ3v) is 8.39. The Labute approximate surface area is 248 Å². The van der Waals surface area contributed by atoms with Gasteiger partial charge in [0.05, 0.1) is 0 Å². The summed E-state index contributed by atoms with van der Waals surface area (Å²) in [5.41, 5.74) is 9.72. The summed E-state index contributed by atoms with van der Waals surface area (Å²) in [7, 11) is 0. The van der Waals surface area contributed by atoms with Gasteiger partial charge in [-0.15, -0.1) is 0 Å². The Hall–Kier alpha value is -5.20. The SMILES string of the molecule is C=CC=C(C=C)c1cc(C2=CCCC=C2)cc(-c2c3ccccc3c(-c3cccc4ccccc34)c3ccccc23)c1. The van der Waals surface area contributed by atoms with Gasteiger partial charge in [0.2, 0.25) is 0 Å². The van der Waals surface area contributed by atoms with Gasteiger partial charge < -0.3 is 0 Å². The smallest absolute Gasteiger partial charge is 0.00201 e. The van der Waals surface area contributed by atoms with Gasteiger partial charge >= 0.3 is 0 Å². The van der Waals surface area contributed by atoms with Crippen LogP contribution in [0.3, 0.4) is 0 Å². The summed E-state index contributed by atoms with van der Waals surface area (Å²) in [6, 6.07) is 40.1. The Morgan fingerprint density at radius 2 is 1.21 bits per heavy atom. The molecule has 0 aliphatic heterocycles. The van der Waals surface area contributed by atoms with Crippen LogP contribution >= 0.6 is 0 Å². The molecule has 1 aliphatic rings. The van der Waals surface area contributed by atoms with E-state index in [1.807, 2.05) is 18.2 Å². The third-order valence-electron chi connectivity index (χ3n) is 8.39. The van der Waals surface area contributed by atoms with Crippen molar-refractivity contribution in [1.82, 2.24) is 0 Å². The lowest BCUT2D eigenvalue weighted by Gasteiger charge is -2.20. The molecule has 7 rings (SSSR count). The topological polar surface area (TPSA) is 0 Å². The first-order chi connectivity index (χ1) is 20.8. The summed E-state index contributed by atoms with van der Waals surface area (Å²) in [6.45, 7) is 8.09. The monoisotopic (exact) mass is 536 g/mol. The molecule has 0 atom stereocenters. The molecule has 42 heavy (non-hydrogen) atoms. The van der Waals surface area contributed by atoms with E-state index in [4.69, 9.17) is 0 Å². The van der Waals surface area contributed by atoms with E-state index in [2.05, 4.69) is 141 Å². The molecule has 0 fully saturated rings. The molecular weight excluding hydrogens is 504 g/mol. The summed E-state index contributed by atoms with van der Waals surface area (Å²) >= 11 is 0. The molecule has 0 aromatic heterocycles. The van der Waals surface area contributed by atoms with Crippen LogP contribution < -0.4 is 0 Å². The summed E-state index contributed by atoms with van der Waals surface area (Å²) in [5, 5.41) is 7.55. The fourth-order valence-corrected chi connectivity index (χ4v) is 6.51. The normalized spacial score (nSPS) is 13.4. The molecular formula is C42H32. The average molecular weight is 537 g/mol. The van der Waals surface area contributed by atoms with Gasteiger partial charge in [-0.05, 0) is 108 Å². The zero-order valence-electron chi connectivity index (χ0n) is 23.7. The average Bonchev–Trinajstić information content (AvgIpc) is 3.06. The van der Waals surface area contributed by atoms with E-state index in [1.165, 1.54) is 65.7 Å². The van der Waals surface area contributed by atoms with E-state index in [1.54, 1.807) is 0 Å². The second-order valence-corrected chi connectivity index (χ2v) is 10.9. The minimum atomic E-state index is 1.06. The molecule has 0 N–H and O–H groups in total. The van der Waals surface area contributed by atoms with Gasteiger partial charge in [0.1, 0.15) is 0 Å². The van der Waals surface area contributed by atoms with Crippen LogP contribution in [0.1, 0.15) is 24.0 Å². The van der Waals surface area contributed by atoms with Crippen molar-refractivity contribution in [2.24, 2.45) is 0 Å². The number of hydrogen-bond donors (Lipinski definition) is 0. The first-order valence-electron chi connectivity index (χ1n) is 14.7. The predicted octanol–water partition coefficient (Wildman–Crippen LogP) is 12.0. The highest BCUT2D eigenvalue weighted by molar-refractivity contribution is 6.23. The molecule has 0 amide bonds. The molecule has 0 radical (unpaired) electrons. The van der Waals surface area contributed by atoms with Crippen LogP contribution in [0.2, 0.25) is 0 Å². The van der Waals surface area contributed by atoms with E-state index < -0.39 is 0 Å². The van der Waals surface area contributed by atoms with Crippen LogP contribution in [0.5, 0.6) is 0 Å². The standard InChI is InChI=1S/C42H32/c1-3-15-29(4-2)32-26-33(30-16-6-5-7-17-30)28-34(27-32)41-37-21-10-12-23-39(37)42(40-24-13-11-22-38(40)41)36-25-14-19-31-18-8-9-20-35(31)36/h3-4,6,8-28H,1-2,5,7H2. The maximum absolute atomic E-state index is 4.13. The number of hydrogen-bond acceptors (Lipinski definition) is 0. The van der Waals surface area contributed by atoms with E-state index >= 15 is 0 Å². The maximum atomic E-state index is 4.13. The van der Waals surface area contributed by atoms with Crippen molar-refractivity contribution >= 4 is 43.5 Å². The molecule has 200 valence electrons. The van der Waals surface area contributed by atoms with E-state index in [9.17, 15) is 0 Å². The van der Waals surface area contributed by atoms with Crippen molar-refractivity contribution in [3.63, 3.8) is 0 Å². The fraction of sp³-hybridized carbons (Fsp3) is 0.0476. The Kier molecular flexibility index (Phi) is 6.74. The molecule has 1 aliphatic carbocycles. The predicted molar refractivity (Wildman–Crippen MR) is 185 cm³/mol. The fourth-order valence-electron chi connectivity index (χ4n) is 6.51. The first kappa shape index (κ1) is 25.7. The van der Waals surface area contributed by atoms with Gasteiger partial charge in [-0.2, -0.15) is 0 Å². The lowest BCUT2D eigenvalue weighted by Crippen LogP contribution is -1.95. The van der Waals surface area contributed by atoms with Crippen molar-refractivity contribution in [3.8, 4) is 22.3 Å². The highest BCUT2D eigenvalue weighted by Gasteiger charge is 2.19. The number of fused-ring (bicyclic) bond motifs is 3. The molecule has 0 heteroatoms. The van der Waals surface area contributed by atoms with Gasteiger partial charge in [-0.1, -0.05) is 141 Å². The van der Waals surface area contributed by atoms with Crippen molar-refractivity contribution in [2.45, 2.75) is 12.8 Å². The minimum absolute atomic E-state index is 1.06. The van der Waals surface area contributed by atoms with Gasteiger partial charge in [-0.3, -0.25) is 0 Å². The lowest BCUT2D eigenvalue weighted by molar-refractivity contribution is 1.04. The maximum Gasteiger partial charge on any atom is -0.00201 e. The Bertz CT molecular complexity index is 2050. The van der Waals surface area contributed by atoms with Gasteiger partial charge in [0, 0.05) is 0 Å². The Morgan fingerprint density at radius 1 is 0.595 bits per heavy atom. The van der Waals surface area contributed by atoms with Crippen LogP contribution in [0, 0.1) is 0 Å². The van der Waals surface area contributed by atoms with E-state index in [0.29, 0.717) is 0 Å². The molecule has 0 nitrogen and oxygen atoms in total. The highest BCUT2D eigenvalue weighted by Crippen LogP contribution is 2.46. The summed E-state index contributed by atoms with van der Waals surface area (Å²) < 4.78 is 0. The van der Waals surface area contributed by atoms with E-state index in [0.717, 1.165) is 24.0 Å². The lowest BCUT2D eigenvalue weighted by atomic mass is 9.83. The molecule has 0 spiro atoms. The Morgan fingerprint density at radius 3 is 1.86 bits per heavy atom. The number of allylic oxidation sites excluding steroid dienone is 8. The van der Waals surface area contributed by atoms with Gasteiger partial charge in [0.15, 0.2) is 0 Å². The minimum Gasteiger partial charge on any atom is -0.0990 e. The van der Waals surface area contributed by atoms with Gasteiger partial charge in [-0.25, -0.2) is 0 Å². The quantitative estimate of drug-likeness (QED) is 0.147. The third kappa shape index (κ3) is 4.42. The molecule has 0 unspecified atom stereocenters. The van der Waals surface area contributed by atoms with Crippen LogP contribution in [0.4, 0.5) is 0 Å². The summed E-state index contributed by atoms with van der Waals surface area (Å²) in [5.74, 6) is 0.